The first-order valence-corrected chi connectivity index (χ1v) is 4.20. The number of ether oxygens (including phenoxy) is 1. The monoisotopic (exact) mass is 184 g/mol. The van der Waals surface area contributed by atoms with Gasteiger partial charge in [-0.1, -0.05) is 0 Å². The van der Waals surface area contributed by atoms with Gasteiger partial charge in [0.1, 0.15) is 0 Å². The van der Waals surface area contributed by atoms with E-state index in [-0.39, 0.29) is 11.7 Å². The van der Waals surface area contributed by atoms with Gasteiger partial charge < -0.3 is 10.1 Å². The Morgan fingerprint density at radius 2 is 2.38 bits per heavy atom. The molecule has 0 aliphatic rings. The van der Waals surface area contributed by atoms with Crippen LogP contribution in [0.15, 0.2) is 12.3 Å². The van der Waals surface area contributed by atoms with Crippen LogP contribution in [0.1, 0.15) is 12.5 Å². The molecule has 1 aromatic heterocycles. The first kappa shape index (κ1) is 9.92. The van der Waals surface area contributed by atoms with Crippen molar-refractivity contribution in [3.05, 3.63) is 23.6 Å². The van der Waals surface area contributed by atoms with Crippen LogP contribution < -0.4 is 10.1 Å². The Kier molecular flexibility index (Phi) is 3.64. The average Bonchev–Trinajstić information content (AvgIpc) is 2.13. The summed E-state index contributed by atoms with van der Waals surface area (Å²) >= 11 is 0. The van der Waals surface area contributed by atoms with Gasteiger partial charge in [0.25, 0.3) is 5.88 Å². The summed E-state index contributed by atoms with van der Waals surface area (Å²) < 4.78 is 18.4. The second-order valence-electron chi connectivity index (χ2n) is 2.55. The molecule has 1 N–H and O–H groups in total. The van der Waals surface area contributed by atoms with Crippen molar-refractivity contribution in [2.45, 2.75) is 13.5 Å². The van der Waals surface area contributed by atoms with Crippen molar-refractivity contribution >= 4 is 0 Å². The minimum atomic E-state index is -0.376. The molecule has 0 aliphatic heterocycles. The molecule has 4 heteroatoms. The summed E-state index contributed by atoms with van der Waals surface area (Å²) in [6.45, 7) is 2.70. The second-order valence-corrected chi connectivity index (χ2v) is 2.55. The van der Waals surface area contributed by atoms with E-state index in [0.717, 1.165) is 0 Å². The van der Waals surface area contributed by atoms with Gasteiger partial charge >= 0.3 is 0 Å². The van der Waals surface area contributed by atoms with Crippen molar-refractivity contribution < 1.29 is 9.13 Å². The Hall–Kier alpha value is -1.16. The summed E-state index contributed by atoms with van der Waals surface area (Å²) in [5, 5.41) is 2.87. The quantitative estimate of drug-likeness (QED) is 0.766. The van der Waals surface area contributed by atoms with E-state index in [1.165, 1.54) is 0 Å². The zero-order valence-electron chi connectivity index (χ0n) is 7.80. The van der Waals surface area contributed by atoms with Crippen molar-refractivity contribution in [1.29, 1.82) is 0 Å². The maximum absolute atomic E-state index is 13.4. The molecule has 1 heterocycles. The fourth-order valence-electron chi connectivity index (χ4n) is 1.03. The van der Waals surface area contributed by atoms with Gasteiger partial charge in [0.05, 0.1) is 6.61 Å². The lowest BCUT2D eigenvalue weighted by atomic mass is 10.2. The topological polar surface area (TPSA) is 34.1 Å². The summed E-state index contributed by atoms with van der Waals surface area (Å²) in [4.78, 5) is 3.79. The van der Waals surface area contributed by atoms with Gasteiger partial charge in [-0.15, -0.1) is 0 Å². The van der Waals surface area contributed by atoms with Crippen molar-refractivity contribution in [3.63, 3.8) is 0 Å². The standard InChI is InChI=1S/C9H13FN2O/c1-3-13-9-8(10)7(6-11-2)4-5-12-9/h4-5,11H,3,6H2,1-2H3. The molecule has 0 saturated heterocycles. The van der Waals surface area contributed by atoms with Crippen LogP contribution in [0.25, 0.3) is 0 Å². The predicted molar refractivity (Wildman–Crippen MR) is 48.1 cm³/mol. The summed E-state index contributed by atoms with van der Waals surface area (Å²) in [6, 6.07) is 1.63. The number of halogens is 1. The third-order valence-electron chi connectivity index (χ3n) is 1.59. The van der Waals surface area contributed by atoms with Crippen molar-refractivity contribution in [3.8, 4) is 5.88 Å². The molecule has 3 nitrogen and oxygen atoms in total. The number of hydrogen-bond donors (Lipinski definition) is 1. The zero-order valence-corrected chi connectivity index (χ0v) is 7.80. The number of hydrogen-bond acceptors (Lipinski definition) is 3. The molecular weight excluding hydrogens is 171 g/mol. The van der Waals surface area contributed by atoms with E-state index in [0.29, 0.717) is 18.7 Å². The average molecular weight is 184 g/mol. The van der Waals surface area contributed by atoms with Crippen LogP contribution in [0, 0.1) is 5.82 Å². The Bertz CT molecular complexity index is 254. The Labute approximate surface area is 76.9 Å². The van der Waals surface area contributed by atoms with Crippen LogP contribution >= 0.6 is 0 Å². The maximum atomic E-state index is 13.4. The van der Waals surface area contributed by atoms with Gasteiger partial charge in [-0.3, -0.25) is 0 Å². The summed E-state index contributed by atoms with van der Waals surface area (Å²) in [5.74, 6) is -0.297. The Morgan fingerprint density at radius 3 is 3.00 bits per heavy atom. The van der Waals surface area contributed by atoms with Crippen LogP contribution in [0.5, 0.6) is 5.88 Å². The number of nitrogens with one attached hydrogen (secondary N) is 1. The molecule has 0 aliphatic carbocycles. The molecule has 1 aromatic rings. The van der Waals surface area contributed by atoms with Crippen LogP contribution in [0.4, 0.5) is 4.39 Å². The van der Waals surface area contributed by atoms with E-state index in [1.807, 2.05) is 0 Å². The Balaban J connectivity index is 2.89. The highest BCUT2D eigenvalue weighted by Crippen LogP contribution is 2.16. The predicted octanol–water partition coefficient (Wildman–Crippen LogP) is 1.34. The second kappa shape index (κ2) is 4.77. The molecule has 0 radical (unpaired) electrons. The van der Waals surface area contributed by atoms with Crippen LogP contribution in [-0.4, -0.2) is 18.6 Å². The van der Waals surface area contributed by atoms with Gasteiger partial charge in [0.2, 0.25) is 0 Å². The highest BCUT2D eigenvalue weighted by molar-refractivity contribution is 5.23. The molecule has 0 unspecified atom stereocenters. The van der Waals surface area contributed by atoms with Crippen molar-refractivity contribution in [2.75, 3.05) is 13.7 Å². The smallest absolute Gasteiger partial charge is 0.250 e. The Morgan fingerprint density at radius 1 is 1.62 bits per heavy atom. The lowest BCUT2D eigenvalue weighted by molar-refractivity contribution is 0.305. The molecule has 0 bridgehead atoms. The molecular formula is C9H13FN2O. The SMILES string of the molecule is CCOc1nccc(CNC)c1F. The maximum Gasteiger partial charge on any atom is 0.250 e. The molecule has 0 amide bonds. The highest BCUT2D eigenvalue weighted by atomic mass is 19.1. The van der Waals surface area contributed by atoms with Gasteiger partial charge in [-0.05, 0) is 20.0 Å². The third-order valence-corrected chi connectivity index (χ3v) is 1.59. The molecule has 1 rings (SSSR count). The van der Waals surface area contributed by atoms with Crippen LogP contribution in [0.3, 0.4) is 0 Å². The van der Waals surface area contributed by atoms with Gasteiger partial charge in [0, 0.05) is 18.3 Å². The summed E-state index contributed by atoms with van der Waals surface area (Å²) in [6.07, 6.45) is 1.54. The van der Waals surface area contributed by atoms with Crippen molar-refractivity contribution in [2.24, 2.45) is 0 Å². The number of nitrogens with zero attached hydrogens (tertiary/aromatic N) is 1. The van der Waals surface area contributed by atoms with E-state index >= 15 is 0 Å². The molecule has 13 heavy (non-hydrogen) atoms. The largest absolute Gasteiger partial charge is 0.476 e. The number of rotatable bonds is 4. The highest BCUT2D eigenvalue weighted by Gasteiger charge is 2.08. The van der Waals surface area contributed by atoms with E-state index in [1.54, 1.807) is 26.2 Å². The van der Waals surface area contributed by atoms with Gasteiger partial charge in [-0.2, -0.15) is 0 Å². The number of aromatic nitrogens is 1. The fourth-order valence-corrected chi connectivity index (χ4v) is 1.03. The molecule has 0 fully saturated rings. The van der Waals surface area contributed by atoms with Gasteiger partial charge in [-0.25, -0.2) is 9.37 Å². The molecule has 0 atom stereocenters. The lowest BCUT2D eigenvalue weighted by Crippen LogP contribution is -2.08. The first-order chi connectivity index (χ1) is 6.29. The third kappa shape index (κ3) is 2.39. The molecule has 0 saturated carbocycles. The lowest BCUT2D eigenvalue weighted by Gasteiger charge is -2.06. The van der Waals surface area contributed by atoms with E-state index in [2.05, 4.69) is 10.3 Å². The number of pyridine rings is 1. The van der Waals surface area contributed by atoms with Crippen molar-refractivity contribution in [1.82, 2.24) is 10.3 Å². The summed E-state index contributed by atoms with van der Waals surface area (Å²) in [7, 11) is 1.76. The van der Waals surface area contributed by atoms with Crippen LogP contribution in [0.2, 0.25) is 0 Å². The normalized spacial score (nSPS) is 10.1. The zero-order chi connectivity index (χ0) is 9.68. The molecule has 72 valence electrons. The molecule has 0 aromatic carbocycles. The van der Waals surface area contributed by atoms with E-state index < -0.39 is 0 Å². The minimum absolute atomic E-state index is 0.0789. The van der Waals surface area contributed by atoms with Crippen LogP contribution in [-0.2, 0) is 6.54 Å². The molecule has 0 spiro atoms. The van der Waals surface area contributed by atoms with E-state index in [4.69, 9.17) is 4.74 Å². The minimum Gasteiger partial charge on any atom is -0.476 e. The van der Waals surface area contributed by atoms with Gasteiger partial charge in [0.15, 0.2) is 5.82 Å². The fraction of sp³-hybridized carbons (Fsp3) is 0.444. The van der Waals surface area contributed by atoms with E-state index in [9.17, 15) is 4.39 Å². The first-order valence-electron chi connectivity index (χ1n) is 4.20. The summed E-state index contributed by atoms with van der Waals surface area (Å²) in [5.41, 5.74) is 0.570.